The van der Waals surface area contributed by atoms with Crippen LogP contribution in [0.5, 0.6) is 11.5 Å². The molecule has 10 heteroatoms. The van der Waals surface area contributed by atoms with Crippen LogP contribution in [0.4, 0.5) is 5.69 Å². The van der Waals surface area contributed by atoms with Gasteiger partial charge >= 0.3 is 0 Å². The van der Waals surface area contributed by atoms with Gasteiger partial charge in [-0.3, -0.25) is 13.9 Å². The summed E-state index contributed by atoms with van der Waals surface area (Å²) in [7, 11) is -1.18. The number of carbonyl (C=O) groups is 2. The number of hydrogen-bond donors (Lipinski definition) is 1. The van der Waals surface area contributed by atoms with Crippen LogP contribution >= 0.6 is 0 Å². The zero-order valence-corrected chi connectivity index (χ0v) is 24.4. The van der Waals surface area contributed by atoms with Crippen molar-refractivity contribution >= 4 is 27.5 Å². The molecule has 0 radical (unpaired) electrons. The lowest BCUT2D eigenvalue weighted by Gasteiger charge is -2.33. The minimum absolute atomic E-state index is 0.0313. The molecule has 0 aliphatic carbocycles. The van der Waals surface area contributed by atoms with Crippen molar-refractivity contribution in [2.24, 2.45) is 0 Å². The highest BCUT2D eigenvalue weighted by atomic mass is 32.2. The van der Waals surface area contributed by atoms with Gasteiger partial charge in [0.2, 0.25) is 11.8 Å². The quantitative estimate of drug-likeness (QED) is 0.333. The third kappa shape index (κ3) is 7.12. The van der Waals surface area contributed by atoms with Crippen LogP contribution in [0.15, 0.2) is 77.7 Å². The number of sulfonamides is 1. The summed E-state index contributed by atoms with van der Waals surface area (Å²) < 4.78 is 39.8. The average molecular weight is 568 g/mol. The Morgan fingerprint density at radius 3 is 2.17 bits per heavy atom. The van der Waals surface area contributed by atoms with Gasteiger partial charge in [-0.2, -0.15) is 0 Å². The van der Waals surface area contributed by atoms with Crippen molar-refractivity contribution < 1.29 is 27.5 Å². The highest BCUT2D eigenvalue weighted by Gasteiger charge is 2.34. The zero-order chi connectivity index (χ0) is 29.3. The third-order valence-corrected chi connectivity index (χ3v) is 8.24. The number of anilines is 1. The lowest BCUT2D eigenvalue weighted by atomic mass is 10.1. The third-order valence-electron chi connectivity index (χ3n) is 6.46. The van der Waals surface area contributed by atoms with Crippen LogP contribution in [0.25, 0.3) is 0 Å². The fraction of sp³-hybridized carbons (Fsp3) is 0.333. The first-order valence-electron chi connectivity index (χ1n) is 13.1. The first-order chi connectivity index (χ1) is 19.2. The molecular formula is C30H37N3O6S. The summed E-state index contributed by atoms with van der Waals surface area (Å²) in [6.45, 7) is 5.41. The molecule has 40 heavy (non-hydrogen) atoms. The molecular weight excluding hydrogens is 530 g/mol. The number of nitrogens with zero attached hydrogens (tertiary/aromatic N) is 2. The first kappa shape index (κ1) is 30.5. The van der Waals surface area contributed by atoms with Gasteiger partial charge in [0.25, 0.3) is 10.0 Å². The van der Waals surface area contributed by atoms with Crippen LogP contribution in [-0.4, -0.2) is 58.5 Å². The highest BCUT2D eigenvalue weighted by molar-refractivity contribution is 7.92. The second-order valence-corrected chi connectivity index (χ2v) is 11.1. The molecule has 1 N–H and O–H groups in total. The maximum absolute atomic E-state index is 14.1. The molecule has 0 aromatic heterocycles. The molecule has 0 aliphatic rings. The molecule has 0 bridgehead atoms. The number of likely N-dealkylation sites (N-methyl/N-ethyl adjacent to an activating group) is 1. The largest absolute Gasteiger partial charge is 0.497 e. The fourth-order valence-electron chi connectivity index (χ4n) is 4.37. The van der Waals surface area contributed by atoms with E-state index < -0.39 is 28.5 Å². The van der Waals surface area contributed by atoms with E-state index in [1.165, 1.54) is 24.1 Å². The Bertz CT molecular complexity index is 1390. The van der Waals surface area contributed by atoms with E-state index in [1.54, 1.807) is 62.6 Å². The van der Waals surface area contributed by atoms with Crippen LogP contribution < -0.4 is 19.1 Å². The van der Waals surface area contributed by atoms with Crippen molar-refractivity contribution in [3.05, 3.63) is 83.9 Å². The number of nitrogens with one attached hydrogen (secondary N) is 1. The van der Waals surface area contributed by atoms with Crippen LogP contribution in [0.1, 0.15) is 31.4 Å². The second-order valence-electron chi connectivity index (χ2n) is 9.19. The monoisotopic (exact) mass is 567 g/mol. The van der Waals surface area contributed by atoms with Gasteiger partial charge in [-0.05, 0) is 67.8 Å². The normalized spacial score (nSPS) is 11.8. The number of amides is 2. The molecule has 3 aromatic rings. The van der Waals surface area contributed by atoms with Crippen molar-refractivity contribution in [3.8, 4) is 11.5 Å². The molecule has 0 saturated carbocycles. The van der Waals surface area contributed by atoms with Gasteiger partial charge in [-0.25, -0.2) is 8.42 Å². The summed E-state index contributed by atoms with van der Waals surface area (Å²) in [5.74, 6) is 0.119. The number of benzene rings is 3. The molecule has 0 saturated heterocycles. The minimum Gasteiger partial charge on any atom is -0.497 e. The topological polar surface area (TPSA) is 105 Å². The summed E-state index contributed by atoms with van der Waals surface area (Å²) >= 11 is 0. The fourth-order valence-corrected chi connectivity index (χ4v) is 5.80. The van der Waals surface area contributed by atoms with Gasteiger partial charge in [0, 0.05) is 13.1 Å². The van der Waals surface area contributed by atoms with Crippen molar-refractivity contribution in [1.82, 2.24) is 10.2 Å². The number of methoxy groups -OCH3 is 2. The van der Waals surface area contributed by atoms with Crippen molar-refractivity contribution in [2.45, 2.75) is 44.7 Å². The Morgan fingerprint density at radius 2 is 1.60 bits per heavy atom. The number of rotatable bonds is 13. The molecule has 3 aromatic carbocycles. The second kappa shape index (κ2) is 13.8. The molecule has 1 unspecified atom stereocenters. The molecule has 3 rings (SSSR count). The molecule has 0 spiro atoms. The summed E-state index contributed by atoms with van der Waals surface area (Å²) in [6, 6.07) is 19.4. The number of aryl methyl sites for hydroxylation is 1. The van der Waals surface area contributed by atoms with Crippen LogP contribution in [0.2, 0.25) is 0 Å². The molecule has 0 fully saturated rings. The number of hydrogen-bond acceptors (Lipinski definition) is 6. The van der Waals surface area contributed by atoms with Crippen molar-refractivity contribution in [1.29, 1.82) is 0 Å². The Balaban J connectivity index is 2.11. The van der Waals surface area contributed by atoms with Crippen LogP contribution in [0, 0.1) is 6.92 Å². The molecule has 0 heterocycles. The minimum atomic E-state index is -4.19. The molecule has 9 nitrogen and oxygen atoms in total. The maximum atomic E-state index is 14.1. The van der Waals surface area contributed by atoms with Gasteiger partial charge < -0.3 is 19.7 Å². The summed E-state index contributed by atoms with van der Waals surface area (Å²) in [5, 5.41) is 2.80. The lowest BCUT2D eigenvalue weighted by Crippen LogP contribution is -2.52. The molecule has 0 aliphatic heterocycles. The van der Waals surface area contributed by atoms with E-state index in [2.05, 4.69) is 5.32 Å². The van der Waals surface area contributed by atoms with Gasteiger partial charge in [0.05, 0.1) is 24.8 Å². The van der Waals surface area contributed by atoms with Gasteiger partial charge in [-0.15, -0.1) is 0 Å². The lowest BCUT2D eigenvalue weighted by molar-refractivity contribution is -0.140. The predicted molar refractivity (Wildman–Crippen MR) is 155 cm³/mol. The van der Waals surface area contributed by atoms with Gasteiger partial charge in [-0.1, -0.05) is 43.3 Å². The Morgan fingerprint density at radius 1 is 0.925 bits per heavy atom. The molecule has 214 valence electrons. The zero-order valence-electron chi connectivity index (χ0n) is 23.6. The SMILES string of the molecule is CCNC(=O)C(CC)N(Cc1ccc(OC)cc1)C(=O)CN(c1cc(C)ccc1OC)S(=O)(=O)c1ccccc1. The van der Waals surface area contributed by atoms with E-state index in [9.17, 15) is 18.0 Å². The van der Waals surface area contributed by atoms with E-state index in [0.29, 0.717) is 24.5 Å². The summed E-state index contributed by atoms with van der Waals surface area (Å²) in [4.78, 5) is 28.6. The molecule has 1 atom stereocenters. The standard InChI is InChI=1S/C30H37N3O6S/c1-6-26(30(35)31-7-2)32(20-23-14-16-24(38-4)17-15-23)29(34)21-33(27-19-22(3)13-18-28(27)39-5)40(36,37)25-11-9-8-10-12-25/h8-19,26H,6-7,20-21H2,1-5H3,(H,31,35). The highest BCUT2D eigenvalue weighted by Crippen LogP contribution is 2.33. The van der Waals surface area contributed by atoms with E-state index in [4.69, 9.17) is 9.47 Å². The number of ether oxygens (including phenoxy) is 2. The van der Waals surface area contributed by atoms with Gasteiger partial charge in [0.1, 0.15) is 24.1 Å². The van der Waals surface area contributed by atoms with Crippen molar-refractivity contribution in [2.75, 3.05) is 31.6 Å². The summed E-state index contributed by atoms with van der Waals surface area (Å²) in [5.41, 5.74) is 1.79. The molecule has 2 amide bonds. The smallest absolute Gasteiger partial charge is 0.264 e. The first-order valence-corrected chi connectivity index (χ1v) is 14.5. The van der Waals surface area contributed by atoms with E-state index in [-0.39, 0.29) is 23.0 Å². The Kier molecular flexibility index (Phi) is 10.6. The van der Waals surface area contributed by atoms with Crippen molar-refractivity contribution in [3.63, 3.8) is 0 Å². The average Bonchev–Trinajstić information content (AvgIpc) is 2.96. The van der Waals surface area contributed by atoms with Crippen LogP contribution in [0.3, 0.4) is 0 Å². The Labute approximate surface area is 236 Å². The van der Waals surface area contributed by atoms with E-state index >= 15 is 0 Å². The Hall–Kier alpha value is -4.05. The van der Waals surface area contributed by atoms with Gasteiger partial charge in [0.15, 0.2) is 0 Å². The van der Waals surface area contributed by atoms with E-state index in [1.807, 2.05) is 26.0 Å². The summed E-state index contributed by atoms with van der Waals surface area (Å²) in [6.07, 6.45) is 0.340. The predicted octanol–water partition coefficient (Wildman–Crippen LogP) is 4.15. The van der Waals surface area contributed by atoms with Crippen LogP contribution in [-0.2, 0) is 26.2 Å². The number of carbonyl (C=O) groups excluding carboxylic acids is 2. The van der Waals surface area contributed by atoms with E-state index in [0.717, 1.165) is 15.4 Å². The maximum Gasteiger partial charge on any atom is 0.264 e.